The average molecular weight is 464 g/mol. The number of rotatable bonds is 11. The molecule has 180 valence electrons. The molecule has 0 spiro atoms. The molecule has 1 aliphatic rings. The highest BCUT2D eigenvalue weighted by atomic mass is 16.5. The second-order valence-corrected chi connectivity index (χ2v) is 8.59. The Morgan fingerprint density at radius 2 is 1.97 bits per heavy atom. The maximum Gasteiger partial charge on any atom is 0.335 e. The minimum absolute atomic E-state index is 0.254. The van der Waals surface area contributed by atoms with E-state index in [4.69, 9.17) is 10.5 Å². The van der Waals surface area contributed by atoms with Crippen LogP contribution in [0.3, 0.4) is 0 Å². The molecule has 0 aliphatic carbocycles. The number of nitrogens with zero attached hydrogens (tertiary/aromatic N) is 4. The number of carboxylic acid groups (broad SMARTS) is 1. The Bertz CT molecular complexity index is 1130. The molecule has 0 bridgehead atoms. The molecule has 1 atom stereocenters. The number of anilines is 2. The number of aromatic carboxylic acids is 1. The Morgan fingerprint density at radius 3 is 2.76 bits per heavy atom. The van der Waals surface area contributed by atoms with Gasteiger partial charge in [-0.15, -0.1) is 0 Å². The van der Waals surface area contributed by atoms with Gasteiger partial charge in [-0.1, -0.05) is 24.3 Å². The predicted octanol–water partition coefficient (Wildman–Crippen LogP) is 3.36. The van der Waals surface area contributed by atoms with E-state index in [1.807, 2.05) is 37.3 Å². The van der Waals surface area contributed by atoms with Crippen LogP contribution in [-0.4, -0.2) is 67.1 Å². The topological polar surface area (TPSA) is 95.2 Å². The van der Waals surface area contributed by atoms with E-state index in [1.165, 1.54) is 0 Å². The van der Waals surface area contributed by atoms with E-state index in [0.29, 0.717) is 6.54 Å². The van der Waals surface area contributed by atoms with Gasteiger partial charge >= 0.3 is 5.97 Å². The van der Waals surface area contributed by atoms with Crippen molar-refractivity contribution in [1.29, 1.82) is 0 Å². The first-order chi connectivity index (χ1) is 16.5. The van der Waals surface area contributed by atoms with E-state index in [0.717, 1.165) is 67.1 Å². The lowest BCUT2D eigenvalue weighted by Crippen LogP contribution is -2.50. The monoisotopic (exact) mass is 463 g/mol. The van der Waals surface area contributed by atoms with Gasteiger partial charge in [0.2, 0.25) is 0 Å². The second-order valence-electron chi connectivity index (χ2n) is 8.59. The summed E-state index contributed by atoms with van der Waals surface area (Å²) in [7, 11) is 2.09. The molecule has 0 amide bonds. The summed E-state index contributed by atoms with van der Waals surface area (Å²) in [5, 5.41) is 10.6. The minimum Gasteiger partial charge on any atom is -0.478 e. The molecule has 0 radical (unpaired) electrons. The molecular formula is C26H33N5O3. The Morgan fingerprint density at radius 1 is 1.15 bits per heavy atom. The molecule has 1 aromatic heterocycles. The van der Waals surface area contributed by atoms with Crippen molar-refractivity contribution < 1.29 is 14.6 Å². The molecule has 34 heavy (non-hydrogen) atoms. The first-order valence-corrected chi connectivity index (χ1v) is 11.7. The van der Waals surface area contributed by atoms with Gasteiger partial charge in [0.25, 0.3) is 0 Å². The Hall–Kier alpha value is -3.20. The van der Waals surface area contributed by atoms with Crippen molar-refractivity contribution in [3.05, 3.63) is 65.9 Å². The highest BCUT2D eigenvalue weighted by Crippen LogP contribution is 2.40. The van der Waals surface area contributed by atoms with Gasteiger partial charge < -0.3 is 24.5 Å². The molecule has 3 aromatic rings. The maximum absolute atomic E-state index is 11.7. The van der Waals surface area contributed by atoms with Crippen molar-refractivity contribution in [3.63, 3.8) is 0 Å². The molecule has 0 fully saturated rings. The lowest BCUT2D eigenvalue weighted by atomic mass is 10.1. The van der Waals surface area contributed by atoms with Crippen LogP contribution in [0.4, 0.5) is 11.4 Å². The third kappa shape index (κ3) is 5.14. The van der Waals surface area contributed by atoms with Crippen LogP contribution in [0, 0.1) is 0 Å². The third-order valence-corrected chi connectivity index (χ3v) is 6.30. The molecule has 8 heteroatoms. The van der Waals surface area contributed by atoms with Gasteiger partial charge in [0.1, 0.15) is 0 Å². The van der Waals surface area contributed by atoms with Crippen molar-refractivity contribution in [2.75, 3.05) is 49.7 Å². The number of ether oxygens (including phenoxy) is 1. The van der Waals surface area contributed by atoms with Crippen LogP contribution in [0.15, 0.2) is 54.7 Å². The van der Waals surface area contributed by atoms with Gasteiger partial charge in [-0.2, -0.15) is 0 Å². The smallest absolute Gasteiger partial charge is 0.335 e. The molecule has 4 rings (SSSR count). The SMILES string of the molecule is CCOCCN(C)CCCN1c2ccc(C(=O)O)cc2N(Cc2cccc3cccnc23)C1N. The summed E-state index contributed by atoms with van der Waals surface area (Å²) < 4.78 is 5.45. The molecule has 0 saturated heterocycles. The van der Waals surface area contributed by atoms with Crippen LogP contribution in [0.25, 0.3) is 10.9 Å². The van der Waals surface area contributed by atoms with E-state index < -0.39 is 12.3 Å². The molecular weight excluding hydrogens is 430 g/mol. The van der Waals surface area contributed by atoms with E-state index in [9.17, 15) is 9.90 Å². The number of para-hydroxylation sites is 1. The van der Waals surface area contributed by atoms with Crippen LogP contribution >= 0.6 is 0 Å². The highest BCUT2D eigenvalue weighted by Gasteiger charge is 2.34. The number of carbonyl (C=O) groups is 1. The van der Waals surface area contributed by atoms with Crippen molar-refractivity contribution in [1.82, 2.24) is 9.88 Å². The summed E-state index contributed by atoms with van der Waals surface area (Å²) in [5.74, 6) is -0.947. The zero-order valence-corrected chi connectivity index (χ0v) is 19.9. The standard InChI is InChI=1S/C26H33N5O3/c1-3-34-16-15-29(2)13-6-14-30-22-11-10-20(25(32)33)17-23(22)31(26(30)27)18-21-8-4-7-19-9-5-12-28-24(19)21/h4-5,7-12,17,26H,3,6,13-16,18,27H2,1-2H3,(H,32,33). The fourth-order valence-corrected chi connectivity index (χ4v) is 4.48. The van der Waals surface area contributed by atoms with E-state index in [2.05, 4.69) is 32.8 Å². The quantitative estimate of drug-likeness (QED) is 0.418. The number of benzene rings is 2. The molecule has 3 N–H and O–H groups in total. The molecule has 2 aromatic carbocycles. The van der Waals surface area contributed by atoms with Gasteiger partial charge in [-0.05, 0) is 56.8 Å². The summed E-state index contributed by atoms with van der Waals surface area (Å²) in [4.78, 5) is 22.7. The predicted molar refractivity (Wildman–Crippen MR) is 135 cm³/mol. The summed E-state index contributed by atoms with van der Waals surface area (Å²) >= 11 is 0. The zero-order chi connectivity index (χ0) is 24.1. The molecule has 0 saturated carbocycles. The van der Waals surface area contributed by atoms with Crippen molar-refractivity contribution in [2.24, 2.45) is 5.73 Å². The van der Waals surface area contributed by atoms with Crippen LogP contribution in [-0.2, 0) is 11.3 Å². The molecule has 2 heterocycles. The number of nitrogens with two attached hydrogens (primary N) is 1. The lowest BCUT2D eigenvalue weighted by Gasteiger charge is -2.30. The molecule has 8 nitrogen and oxygen atoms in total. The van der Waals surface area contributed by atoms with Crippen LogP contribution in [0.5, 0.6) is 0 Å². The summed E-state index contributed by atoms with van der Waals surface area (Å²) in [6.07, 6.45) is 2.33. The number of hydrogen-bond donors (Lipinski definition) is 2. The number of carboxylic acids is 1. The molecule has 1 aliphatic heterocycles. The fraction of sp³-hybridized carbons (Fsp3) is 0.385. The largest absolute Gasteiger partial charge is 0.478 e. The summed E-state index contributed by atoms with van der Waals surface area (Å²) in [6.45, 7) is 6.57. The van der Waals surface area contributed by atoms with E-state index in [1.54, 1.807) is 18.3 Å². The van der Waals surface area contributed by atoms with Crippen LogP contribution < -0.4 is 15.5 Å². The average Bonchev–Trinajstić information content (AvgIpc) is 3.10. The van der Waals surface area contributed by atoms with Gasteiger partial charge in [-0.3, -0.25) is 10.7 Å². The van der Waals surface area contributed by atoms with Gasteiger partial charge in [0, 0.05) is 37.8 Å². The first kappa shape index (κ1) is 23.9. The number of fused-ring (bicyclic) bond motifs is 2. The van der Waals surface area contributed by atoms with E-state index >= 15 is 0 Å². The first-order valence-electron chi connectivity index (χ1n) is 11.7. The highest BCUT2D eigenvalue weighted by molar-refractivity contribution is 5.92. The number of likely N-dealkylation sites (N-methyl/N-ethyl adjacent to an activating group) is 1. The van der Waals surface area contributed by atoms with Crippen molar-refractivity contribution >= 4 is 28.2 Å². The van der Waals surface area contributed by atoms with Gasteiger partial charge in [0.15, 0.2) is 6.29 Å². The van der Waals surface area contributed by atoms with Crippen molar-refractivity contribution in [2.45, 2.75) is 26.2 Å². The minimum atomic E-state index is -0.947. The van der Waals surface area contributed by atoms with Gasteiger partial charge in [-0.25, -0.2) is 4.79 Å². The van der Waals surface area contributed by atoms with Crippen molar-refractivity contribution in [3.8, 4) is 0 Å². The van der Waals surface area contributed by atoms with Gasteiger partial charge in [0.05, 0.1) is 29.1 Å². The summed E-state index contributed by atoms with van der Waals surface area (Å²) in [6, 6.07) is 15.3. The Kier molecular flexibility index (Phi) is 7.62. The number of pyridine rings is 1. The Labute approximate surface area is 200 Å². The normalized spacial score (nSPS) is 15.4. The van der Waals surface area contributed by atoms with E-state index in [-0.39, 0.29) is 5.56 Å². The Balaban J connectivity index is 1.55. The summed E-state index contributed by atoms with van der Waals surface area (Å²) in [5.41, 5.74) is 10.8. The van der Waals surface area contributed by atoms with Crippen LogP contribution in [0.1, 0.15) is 29.3 Å². The fourth-order valence-electron chi connectivity index (χ4n) is 4.48. The number of aromatic nitrogens is 1. The lowest BCUT2D eigenvalue weighted by molar-refractivity contribution is 0.0697. The van der Waals surface area contributed by atoms with Crippen LogP contribution in [0.2, 0.25) is 0 Å². The number of hydrogen-bond acceptors (Lipinski definition) is 7. The zero-order valence-electron chi connectivity index (χ0n) is 19.9. The molecule has 1 unspecified atom stereocenters. The maximum atomic E-state index is 11.7. The third-order valence-electron chi connectivity index (χ3n) is 6.30. The second kappa shape index (κ2) is 10.8.